The SMILES string of the molecule is COc1ccccc1CNC(=O)Cc1c(C)nc(=O)[nH]c1C. The number of aromatic amines is 1. The Balaban J connectivity index is 2.04. The number of methoxy groups -OCH3 is 1. The molecule has 0 unspecified atom stereocenters. The van der Waals surface area contributed by atoms with Crippen molar-refractivity contribution in [2.45, 2.75) is 26.8 Å². The average molecular weight is 301 g/mol. The molecular weight excluding hydrogens is 282 g/mol. The Labute approximate surface area is 128 Å². The lowest BCUT2D eigenvalue weighted by molar-refractivity contribution is -0.120. The molecule has 2 N–H and O–H groups in total. The van der Waals surface area contributed by atoms with Gasteiger partial charge in [-0.1, -0.05) is 18.2 Å². The first kappa shape index (κ1) is 15.8. The van der Waals surface area contributed by atoms with Crippen LogP contribution in [-0.4, -0.2) is 23.0 Å². The van der Waals surface area contributed by atoms with Crippen LogP contribution in [0.3, 0.4) is 0 Å². The van der Waals surface area contributed by atoms with Crippen molar-refractivity contribution in [1.82, 2.24) is 15.3 Å². The standard InChI is InChI=1S/C16H19N3O3/c1-10-13(11(2)19-16(21)18-10)8-15(20)17-9-12-6-4-5-7-14(12)22-3/h4-7H,8-9H2,1-3H3,(H,17,20)(H,18,19,21). The van der Waals surface area contributed by atoms with E-state index in [-0.39, 0.29) is 12.3 Å². The predicted molar refractivity (Wildman–Crippen MR) is 82.9 cm³/mol. The zero-order valence-electron chi connectivity index (χ0n) is 12.9. The number of para-hydroxylation sites is 1. The molecule has 0 aliphatic heterocycles. The number of nitrogens with one attached hydrogen (secondary N) is 2. The summed E-state index contributed by atoms with van der Waals surface area (Å²) in [7, 11) is 1.60. The van der Waals surface area contributed by atoms with Gasteiger partial charge in [-0.05, 0) is 19.9 Å². The Morgan fingerprint density at radius 1 is 1.32 bits per heavy atom. The maximum atomic E-state index is 12.1. The molecule has 1 heterocycles. The third-order valence-electron chi connectivity index (χ3n) is 3.46. The topological polar surface area (TPSA) is 84.1 Å². The van der Waals surface area contributed by atoms with Crippen LogP contribution >= 0.6 is 0 Å². The molecule has 2 rings (SSSR count). The molecule has 0 spiro atoms. The van der Waals surface area contributed by atoms with Crippen molar-refractivity contribution in [1.29, 1.82) is 0 Å². The second-order valence-corrected chi connectivity index (χ2v) is 5.00. The highest BCUT2D eigenvalue weighted by atomic mass is 16.5. The number of amides is 1. The van der Waals surface area contributed by atoms with E-state index in [1.54, 1.807) is 21.0 Å². The minimum atomic E-state index is -0.395. The number of aryl methyl sites for hydroxylation is 2. The van der Waals surface area contributed by atoms with Crippen LogP contribution < -0.4 is 15.7 Å². The van der Waals surface area contributed by atoms with Crippen LogP contribution in [0.25, 0.3) is 0 Å². The average Bonchev–Trinajstić information content (AvgIpc) is 2.49. The first-order chi connectivity index (χ1) is 10.5. The molecule has 0 aliphatic carbocycles. The summed E-state index contributed by atoms with van der Waals surface area (Å²) in [6.45, 7) is 3.88. The lowest BCUT2D eigenvalue weighted by Gasteiger charge is -2.11. The van der Waals surface area contributed by atoms with Crippen molar-refractivity contribution in [2.75, 3.05) is 7.11 Å². The number of ether oxygens (including phenoxy) is 1. The minimum Gasteiger partial charge on any atom is -0.496 e. The molecule has 1 aromatic heterocycles. The molecule has 22 heavy (non-hydrogen) atoms. The molecule has 6 heteroatoms. The van der Waals surface area contributed by atoms with Crippen LogP contribution in [0.2, 0.25) is 0 Å². The molecule has 1 aromatic carbocycles. The van der Waals surface area contributed by atoms with Gasteiger partial charge < -0.3 is 15.0 Å². The van der Waals surface area contributed by atoms with Crippen LogP contribution in [0.1, 0.15) is 22.5 Å². The largest absolute Gasteiger partial charge is 0.496 e. The van der Waals surface area contributed by atoms with Gasteiger partial charge in [0.2, 0.25) is 5.91 Å². The van der Waals surface area contributed by atoms with Crippen molar-refractivity contribution in [2.24, 2.45) is 0 Å². The zero-order chi connectivity index (χ0) is 16.1. The molecule has 6 nitrogen and oxygen atoms in total. The zero-order valence-corrected chi connectivity index (χ0v) is 12.9. The fourth-order valence-corrected chi connectivity index (χ4v) is 2.28. The van der Waals surface area contributed by atoms with Crippen molar-refractivity contribution in [3.05, 3.63) is 57.3 Å². The molecule has 0 atom stereocenters. The van der Waals surface area contributed by atoms with E-state index >= 15 is 0 Å². The van der Waals surface area contributed by atoms with Gasteiger partial charge in [-0.3, -0.25) is 4.79 Å². The molecule has 116 valence electrons. The number of carbonyl (C=O) groups is 1. The fourth-order valence-electron chi connectivity index (χ4n) is 2.28. The second kappa shape index (κ2) is 6.89. The molecule has 0 saturated heterocycles. The van der Waals surface area contributed by atoms with Crippen LogP contribution in [0.15, 0.2) is 29.1 Å². The van der Waals surface area contributed by atoms with Gasteiger partial charge in [-0.2, -0.15) is 4.98 Å². The predicted octanol–water partition coefficient (Wildman–Crippen LogP) is 1.25. The Morgan fingerprint density at radius 3 is 2.73 bits per heavy atom. The third kappa shape index (κ3) is 3.72. The number of carbonyl (C=O) groups excluding carboxylic acids is 1. The van der Waals surface area contributed by atoms with Gasteiger partial charge in [0.1, 0.15) is 5.75 Å². The normalized spacial score (nSPS) is 10.3. The molecule has 0 aliphatic rings. The molecule has 2 aromatic rings. The highest BCUT2D eigenvalue weighted by Crippen LogP contribution is 2.16. The van der Waals surface area contributed by atoms with Gasteiger partial charge in [0.05, 0.1) is 13.5 Å². The van der Waals surface area contributed by atoms with Gasteiger partial charge in [0, 0.05) is 29.1 Å². The van der Waals surface area contributed by atoms with Gasteiger partial charge in [-0.25, -0.2) is 4.79 Å². The highest BCUT2D eigenvalue weighted by molar-refractivity contribution is 5.79. The van der Waals surface area contributed by atoms with E-state index in [0.29, 0.717) is 17.9 Å². The van der Waals surface area contributed by atoms with E-state index < -0.39 is 5.69 Å². The van der Waals surface area contributed by atoms with E-state index in [1.165, 1.54) is 0 Å². The monoisotopic (exact) mass is 301 g/mol. The summed E-state index contributed by atoms with van der Waals surface area (Å²) in [5.41, 5.74) is 2.51. The van der Waals surface area contributed by atoms with E-state index in [4.69, 9.17) is 4.74 Å². The molecule has 0 radical (unpaired) electrons. The maximum absolute atomic E-state index is 12.1. The van der Waals surface area contributed by atoms with Gasteiger partial charge in [-0.15, -0.1) is 0 Å². The quantitative estimate of drug-likeness (QED) is 0.870. The third-order valence-corrected chi connectivity index (χ3v) is 3.46. The fraction of sp³-hybridized carbons (Fsp3) is 0.312. The number of nitrogens with zero attached hydrogens (tertiary/aromatic N) is 1. The smallest absolute Gasteiger partial charge is 0.345 e. The Kier molecular flexibility index (Phi) is 4.93. The lowest BCUT2D eigenvalue weighted by atomic mass is 10.1. The van der Waals surface area contributed by atoms with E-state index in [9.17, 15) is 9.59 Å². The molecular formula is C16H19N3O3. The number of hydrogen-bond acceptors (Lipinski definition) is 4. The summed E-state index contributed by atoms with van der Waals surface area (Å²) >= 11 is 0. The molecule has 0 saturated carbocycles. The van der Waals surface area contributed by atoms with Crippen molar-refractivity contribution >= 4 is 5.91 Å². The summed E-state index contributed by atoms with van der Waals surface area (Å²) < 4.78 is 5.25. The van der Waals surface area contributed by atoms with Crippen LogP contribution in [-0.2, 0) is 17.8 Å². The summed E-state index contributed by atoms with van der Waals surface area (Å²) in [4.78, 5) is 29.8. The molecule has 1 amide bonds. The first-order valence-corrected chi connectivity index (χ1v) is 6.96. The van der Waals surface area contributed by atoms with Crippen molar-refractivity contribution in [3.63, 3.8) is 0 Å². The van der Waals surface area contributed by atoms with E-state index in [0.717, 1.165) is 16.9 Å². The van der Waals surface area contributed by atoms with Crippen LogP contribution in [0.5, 0.6) is 5.75 Å². The van der Waals surface area contributed by atoms with Gasteiger partial charge >= 0.3 is 5.69 Å². The van der Waals surface area contributed by atoms with Crippen LogP contribution in [0, 0.1) is 13.8 Å². The Morgan fingerprint density at radius 2 is 2.05 bits per heavy atom. The summed E-state index contributed by atoms with van der Waals surface area (Å²) in [6, 6.07) is 7.52. The van der Waals surface area contributed by atoms with E-state index in [1.807, 2.05) is 24.3 Å². The first-order valence-electron chi connectivity index (χ1n) is 6.96. The number of benzene rings is 1. The minimum absolute atomic E-state index is 0.133. The number of hydrogen-bond donors (Lipinski definition) is 2. The lowest BCUT2D eigenvalue weighted by Crippen LogP contribution is -2.27. The summed E-state index contributed by atoms with van der Waals surface area (Å²) in [6.07, 6.45) is 0.177. The molecule has 0 bridgehead atoms. The van der Waals surface area contributed by atoms with Crippen molar-refractivity contribution in [3.8, 4) is 5.75 Å². The number of aromatic nitrogens is 2. The van der Waals surface area contributed by atoms with Crippen molar-refractivity contribution < 1.29 is 9.53 Å². The summed E-state index contributed by atoms with van der Waals surface area (Å²) in [5, 5.41) is 2.85. The number of rotatable bonds is 5. The number of H-pyrrole nitrogens is 1. The Bertz CT molecular complexity index is 711. The maximum Gasteiger partial charge on any atom is 0.345 e. The van der Waals surface area contributed by atoms with Gasteiger partial charge in [0.25, 0.3) is 0 Å². The van der Waals surface area contributed by atoms with Gasteiger partial charge in [0.15, 0.2) is 0 Å². The van der Waals surface area contributed by atoms with E-state index in [2.05, 4.69) is 15.3 Å². The molecule has 0 fully saturated rings. The Hall–Kier alpha value is -2.63. The second-order valence-electron chi connectivity index (χ2n) is 5.00. The highest BCUT2D eigenvalue weighted by Gasteiger charge is 2.11. The summed E-state index contributed by atoms with van der Waals surface area (Å²) in [5.74, 6) is 0.604. The van der Waals surface area contributed by atoms with Crippen LogP contribution in [0.4, 0.5) is 0 Å².